The molecule has 0 N–H and O–H groups in total. The maximum absolute atomic E-state index is 6.84. The van der Waals surface area contributed by atoms with E-state index in [-0.39, 0.29) is 17.1 Å². The van der Waals surface area contributed by atoms with Crippen LogP contribution in [0.2, 0.25) is 0 Å². The summed E-state index contributed by atoms with van der Waals surface area (Å²) in [7, 11) is 0. The molecule has 1 saturated carbocycles. The molecule has 3 saturated heterocycles. The van der Waals surface area contributed by atoms with Crippen molar-refractivity contribution in [2.75, 3.05) is 13.1 Å². The van der Waals surface area contributed by atoms with Gasteiger partial charge in [-0.05, 0) is 69.0 Å². The molecule has 7 rings (SSSR count). The number of benzene rings is 1. The van der Waals surface area contributed by atoms with Crippen LogP contribution in [-0.4, -0.2) is 41.8 Å². The average molecular weight is 323 g/mol. The molecule has 5 atom stereocenters. The minimum atomic E-state index is 0.0432. The Morgan fingerprint density at radius 1 is 1.21 bits per heavy atom. The van der Waals surface area contributed by atoms with Gasteiger partial charge in [0.1, 0.15) is 11.9 Å². The smallest absolute Gasteiger partial charge is 0.137 e. The molecule has 6 aliphatic rings. The van der Waals surface area contributed by atoms with Gasteiger partial charge < -0.3 is 9.47 Å². The molecule has 4 aliphatic heterocycles. The second-order valence-corrected chi connectivity index (χ2v) is 9.25. The average Bonchev–Trinajstić information content (AvgIpc) is 3.06. The molecule has 0 amide bonds. The van der Waals surface area contributed by atoms with Crippen molar-refractivity contribution in [3.05, 3.63) is 28.8 Å². The van der Waals surface area contributed by atoms with Gasteiger partial charge in [0.2, 0.25) is 0 Å². The molecular formula is C21H25NO2. The predicted molar refractivity (Wildman–Crippen MR) is 90.5 cm³/mol. The first-order valence-electron chi connectivity index (χ1n) is 9.94. The molecule has 4 bridgehead atoms. The highest BCUT2D eigenvalue weighted by Gasteiger charge is 2.79. The van der Waals surface area contributed by atoms with Crippen molar-refractivity contribution < 1.29 is 9.47 Å². The summed E-state index contributed by atoms with van der Waals surface area (Å²) < 4.78 is 13.5. The number of rotatable bonds is 2. The van der Waals surface area contributed by atoms with Crippen molar-refractivity contribution in [2.45, 2.75) is 74.7 Å². The fourth-order valence-corrected chi connectivity index (χ4v) is 7.19. The van der Waals surface area contributed by atoms with E-state index < -0.39 is 0 Å². The Kier molecular flexibility index (Phi) is 2.12. The standard InChI is InChI=1S/C21H25NO2/c1-12-2-5-14-10-16-21-7-6-15(24-21)19-20(21,17(14)18(12)23-19)8-9-22(16)11-13-3-4-13/h2,5,13,15-16,19H,3-4,6-11H2,1H3/t15-,16-,19?,20+,21?/m0/s1. The van der Waals surface area contributed by atoms with Crippen molar-refractivity contribution in [2.24, 2.45) is 5.92 Å². The number of fused-ring (bicyclic) bond motifs is 2. The van der Waals surface area contributed by atoms with Crippen molar-refractivity contribution in [1.29, 1.82) is 0 Å². The second kappa shape index (κ2) is 3.86. The van der Waals surface area contributed by atoms with Crippen LogP contribution < -0.4 is 4.74 Å². The second-order valence-electron chi connectivity index (χ2n) is 9.25. The van der Waals surface area contributed by atoms with Crippen LogP contribution in [0.5, 0.6) is 5.75 Å². The Labute approximate surface area is 143 Å². The first-order chi connectivity index (χ1) is 11.7. The maximum atomic E-state index is 6.84. The van der Waals surface area contributed by atoms with Crippen LogP contribution in [0.3, 0.4) is 0 Å². The zero-order valence-corrected chi connectivity index (χ0v) is 14.4. The normalized spacial score (nSPS) is 47.0. The van der Waals surface area contributed by atoms with Gasteiger partial charge >= 0.3 is 0 Å². The number of piperidine rings is 1. The molecule has 1 aromatic carbocycles. The number of hydrogen-bond donors (Lipinski definition) is 0. The monoisotopic (exact) mass is 323 g/mol. The van der Waals surface area contributed by atoms with Crippen molar-refractivity contribution in [3.8, 4) is 5.75 Å². The van der Waals surface area contributed by atoms with Crippen molar-refractivity contribution >= 4 is 0 Å². The largest absolute Gasteiger partial charge is 0.486 e. The van der Waals surface area contributed by atoms with E-state index in [0.29, 0.717) is 12.1 Å². The predicted octanol–water partition coefficient (Wildman–Crippen LogP) is 2.97. The fraction of sp³-hybridized carbons (Fsp3) is 0.714. The van der Waals surface area contributed by atoms with Gasteiger partial charge in [-0.1, -0.05) is 12.1 Å². The quantitative estimate of drug-likeness (QED) is 0.835. The van der Waals surface area contributed by atoms with Crippen LogP contribution in [0.4, 0.5) is 0 Å². The lowest BCUT2D eigenvalue weighted by Gasteiger charge is -2.59. The summed E-state index contributed by atoms with van der Waals surface area (Å²) in [6.07, 6.45) is 8.34. The first kappa shape index (κ1) is 13.2. The van der Waals surface area contributed by atoms with Crippen molar-refractivity contribution in [3.63, 3.8) is 0 Å². The molecule has 0 aromatic heterocycles. The summed E-state index contributed by atoms with van der Waals surface area (Å²) >= 11 is 0. The SMILES string of the molecule is Cc1ccc2c3c1OC1[C@@H]4CCC5(O4)[C@H](C2)N(CC2CC2)CC[C@@]315. The molecule has 4 fully saturated rings. The van der Waals surface area contributed by atoms with Crippen LogP contribution in [0.25, 0.3) is 0 Å². The number of aryl methyl sites for hydroxylation is 1. The number of ether oxygens (including phenoxy) is 2. The third-order valence-electron chi connectivity index (χ3n) is 8.25. The lowest BCUT2D eigenvalue weighted by atomic mass is 9.51. The topological polar surface area (TPSA) is 21.7 Å². The summed E-state index contributed by atoms with van der Waals surface area (Å²) in [5.74, 6) is 2.19. The molecule has 2 unspecified atom stereocenters. The number of nitrogens with zero attached hydrogens (tertiary/aromatic N) is 1. The molecule has 2 aliphatic carbocycles. The Hall–Kier alpha value is -1.06. The molecule has 1 aromatic rings. The summed E-state index contributed by atoms with van der Waals surface area (Å²) in [5.41, 5.74) is 4.66. The van der Waals surface area contributed by atoms with Crippen molar-refractivity contribution in [1.82, 2.24) is 4.90 Å². The van der Waals surface area contributed by atoms with Crippen LogP contribution in [0.1, 0.15) is 48.8 Å². The van der Waals surface area contributed by atoms with Gasteiger partial charge in [-0.15, -0.1) is 0 Å². The van der Waals surface area contributed by atoms with Gasteiger partial charge in [-0.2, -0.15) is 0 Å². The summed E-state index contributed by atoms with van der Waals surface area (Å²) in [6.45, 7) is 4.76. The summed E-state index contributed by atoms with van der Waals surface area (Å²) in [6, 6.07) is 5.26. The van der Waals surface area contributed by atoms with Gasteiger partial charge in [0.05, 0.1) is 17.1 Å². The molecule has 3 heteroatoms. The zero-order chi connectivity index (χ0) is 15.7. The van der Waals surface area contributed by atoms with E-state index >= 15 is 0 Å². The van der Waals surface area contributed by atoms with Crippen LogP contribution >= 0.6 is 0 Å². The minimum Gasteiger partial charge on any atom is -0.486 e. The number of likely N-dealkylation sites (tertiary alicyclic amines) is 1. The van der Waals surface area contributed by atoms with E-state index in [1.165, 1.54) is 62.9 Å². The fourth-order valence-electron chi connectivity index (χ4n) is 7.19. The Morgan fingerprint density at radius 3 is 3.00 bits per heavy atom. The highest BCUT2D eigenvalue weighted by molar-refractivity contribution is 5.61. The first-order valence-corrected chi connectivity index (χ1v) is 9.94. The number of hydrogen-bond acceptors (Lipinski definition) is 3. The summed E-state index contributed by atoms with van der Waals surface area (Å²) in [4.78, 5) is 2.81. The molecule has 24 heavy (non-hydrogen) atoms. The van der Waals surface area contributed by atoms with Gasteiger partial charge in [-0.3, -0.25) is 4.90 Å². The molecule has 4 heterocycles. The third kappa shape index (κ3) is 1.21. The molecule has 3 nitrogen and oxygen atoms in total. The molecular weight excluding hydrogens is 298 g/mol. The Balaban J connectivity index is 1.48. The lowest BCUT2D eigenvalue weighted by Crippen LogP contribution is -2.71. The third-order valence-corrected chi connectivity index (χ3v) is 8.25. The van der Waals surface area contributed by atoms with E-state index in [4.69, 9.17) is 9.47 Å². The van der Waals surface area contributed by atoms with Crippen LogP contribution in [-0.2, 0) is 16.6 Å². The van der Waals surface area contributed by atoms with Crippen LogP contribution in [0.15, 0.2) is 12.1 Å². The minimum absolute atomic E-state index is 0.0432. The Morgan fingerprint density at radius 2 is 2.12 bits per heavy atom. The van der Waals surface area contributed by atoms with Gasteiger partial charge in [0.15, 0.2) is 0 Å². The van der Waals surface area contributed by atoms with E-state index in [0.717, 1.165) is 5.92 Å². The van der Waals surface area contributed by atoms with E-state index in [9.17, 15) is 0 Å². The van der Waals surface area contributed by atoms with Gasteiger partial charge in [0.25, 0.3) is 0 Å². The maximum Gasteiger partial charge on any atom is 0.137 e. The highest BCUT2D eigenvalue weighted by Crippen LogP contribution is 2.70. The van der Waals surface area contributed by atoms with Gasteiger partial charge in [0, 0.05) is 18.2 Å². The van der Waals surface area contributed by atoms with E-state index in [2.05, 4.69) is 24.0 Å². The lowest BCUT2D eigenvalue weighted by molar-refractivity contribution is -0.122. The van der Waals surface area contributed by atoms with E-state index in [1.54, 1.807) is 11.1 Å². The Bertz CT molecular complexity index is 771. The molecule has 2 spiro atoms. The van der Waals surface area contributed by atoms with Crippen LogP contribution in [0, 0.1) is 12.8 Å². The highest BCUT2D eigenvalue weighted by atomic mass is 16.6. The zero-order valence-electron chi connectivity index (χ0n) is 14.4. The van der Waals surface area contributed by atoms with Gasteiger partial charge in [-0.25, -0.2) is 0 Å². The molecule has 126 valence electrons. The van der Waals surface area contributed by atoms with E-state index in [1.807, 2.05) is 0 Å². The molecule has 0 radical (unpaired) electrons. The summed E-state index contributed by atoms with van der Waals surface area (Å²) in [5, 5.41) is 0.